The van der Waals surface area contributed by atoms with E-state index in [9.17, 15) is 0 Å². The van der Waals surface area contributed by atoms with Gasteiger partial charge in [0.05, 0.1) is 14.2 Å². The molecule has 2 atom stereocenters. The lowest BCUT2D eigenvalue weighted by Gasteiger charge is -2.13. The molecule has 0 N–H and O–H groups in total. The number of hydrogen-bond donors (Lipinski definition) is 0. The predicted molar refractivity (Wildman–Crippen MR) is 80.9 cm³/mol. The normalized spacial score (nSPS) is 20.6. The molecule has 0 fully saturated rings. The Morgan fingerprint density at radius 1 is 0.850 bits per heavy atom. The molecule has 1 aliphatic carbocycles. The third-order valence-corrected chi connectivity index (χ3v) is 4.31. The zero-order valence-electron chi connectivity index (χ0n) is 12.2. The first-order valence-electron chi connectivity index (χ1n) is 7.04. The van der Waals surface area contributed by atoms with E-state index in [0.29, 0.717) is 11.8 Å². The zero-order valence-corrected chi connectivity index (χ0v) is 12.2. The number of rotatable bonds is 3. The van der Waals surface area contributed by atoms with Gasteiger partial charge in [-0.15, -0.1) is 0 Å². The second-order valence-electron chi connectivity index (χ2n) is 5.46. The first kappa shape index (κ1) is 13.0. The summed E-state index contributed by atoms with van der Waals surface area (Å²) < 4.78 is 10.6. The molecule has 2 nitrogen and oxygen atoms in total. The molecule has 0 aromatic heterocycles. The Balaban J connectivity index is 2.00. The average Bonchev–Trinajstić information content (AvgIpc) is 2.84. The summed E-state index contributed by atoms with van der Waals surface area (Å²) in [7, 11) is 3.43. The van der Waals surface area contributed by atoms with Gasteiger partial charge in [-0.2, -0.15) is 0 Å². The van der Waals surface area contributed by atoms with Crippen molar-refractivity contribution in [1.82, 2.24) is 0 Å². The van der Waals surface area contributed by atoms with Crippen molar-refractivity contribution >= 4 is 0 Å². The Morgan fingerprint density at radius 2 is 1.50 bits per heavy atom. The van der Waals surface area contributed by atoms with Crippen LogP contribution < -0.4 is 9.47 Å². The fraction of sp³-hybridized carbons (Fsp3) is 0.333. The standard InChI is InChI=1S/C18H20O2/c1-12-10-17(13-4-6-14(19-2)7-5-13)18-11-15(20-3)8-9-16(12)18/h4-9,11-12,17H,10H2,1-3H3/t12-,17+/m1/s1. The number of methoxy groups -OCH3 is 2. The molecular weight excluding hydrogens is 248 g/mol. The minimum atomic E-state index is 0.459. The van der Waals surface area contributed by atoms with Crippen molar-refractivity contribution in [2.75, 3.05) is 14.2 Å². The topological polar surface area (TPSA) is 18.5 Å². The zero-order chi connectivity index (χ0) is 14.1. The molecule has 0 heterocycles. The molecule has 104 valence electrons. The van der Waals surface area contributed by atoms with E-state index in [1.54, 1.807) is 14.2 Å². The minimum absolute atomic E-state index is 0.459. The van der Waals surface area contributed by atoms with Crippen molar-refractivity contribution in [2.45, 2.75) is 25.2 Å². The monoisotopic (exact) mass is 268 g/mol. The van der Waals surface area contributed by atoms with E-state index in [-0.39, 0.29) is 0 Å². The number of fused-ring (bicyclic) bond motifs is 1. The Morgan fingerprint density at radius 3 is 2.15 bits per heavy atom. The minimum Gasteiger partial charge on any atom is -0.497 e. The number of benzene rings is 2. The van der Waals surface area contributed by atoms with Gasteiger partial charge in [-0.3, -0.25) is 0 Å². The molecule has 0 radical (unpaired) electrons. The van der Waals surface area contributed by atoms with Crippen LogP contribution in [0.25, 0.3) is 0 Å². The molecule has 1 aliphatic rings. The van der Waals surface area contributed by atoms with E-state index in [0.717, 1.165) is 17.9 Å². The first-order chi connectivity index (χ1) is 9.72. The van der Waals surface area contributed by atoms with Gasteiger partial charge in [-0.25, -0.2) is 0 Å². The Hall–Kier alpha value is -1.96. The highest BCUT2D eigenvalue weighted by atomic mass is 16.5. The fourth-order valence-electron chi connectivity index (χ4n) is 3.19. The third-order valence-electron chi connectivity index (χ3n) is 4.31. The highest BCUT2D eigenvalue weighted by Gasteiger charge is 2.29. The van der Waals surface area contributed by atoms with E-state index in [1.807, 2.05) is 12.1 Å². The van der Waals surface area contributed by atoms with Crippen LogP contribution in [-0.4, -0.2) is 14.2 Å². The highest BCUT2D eigenvalue weighted by Crippen LogP contribution is 2.46. The lowest BCUT2D eigenvalue weighted by molar-refractivity contribution is 0.414. The molecule has 0 bridgehead atoms. The molecule has 20 heavy (non-hydrogen) atoms. The molecule has 2 aromatic carbocycles. The van der Waals surface area contributed by atoms with Crippen molar-refractivity contribution in [3.05, 3.63) is 59.2 Å². The maximum atomic E-state index is 5.38. The molecule has 0 saturated carbocycles. The summed E-state index contributed by atoms with van der Waals surface area (Å²) in [5.74, 6) is 2.91. The quantitative estimate of drug-likeness (QED) is 0.824. The maximum Gasteiger partial charge on any atom is 0.119 e. The molecule has 2 heteroatoms. The van der Waals surface area contributed by atoms with Crippen LogP contribution in [0.5, 0.6) is 11.5 Å². The molecule has 0 saturated heterocycles. The molecule has 0 spiro atoms. The van der Waals surface area contributed by atoms with Crippen LogP contribution in [0.15, 0.2) is 42.5 Å². The van der Waals surface area contributed by atoms with Gasteiger partial charge in [0.15, 0.2) is 0 Å². The van der Waals surface area contributed by atoms with Crippen LogP contribution in [0.4, 0.5) is 0 Å². The van der Waals surface area contributed by atoms with Gasteiger partial charge in [0.2, 0.25) is 0 Å². The Labute approximate surface area is 120 Å². The lowest BCUT2D eigenvalue weighted by atomic mass is 9.92. The number of ether oxygens (including phenoxy) is 2. The van der Waals surface area contributed by atoms with Gasteiger partial charge in [0.1, 0.15) is 11.5 Å². The van der Waals surface area contributed by atoms with Gasteiger partial charge in [-0.1, -0.05) is 25.1 Å². The van der Waals surface area contributed by atoms with Crippen molar-refractivity contribution in [2.24, 2.45) is 0 Å². The molecule has 0 aliphatic heterocycles. The Kier molecular flexibility index (Phi) is 3.39. The molecule has 0 unspecified atom stereocenters. The molecule has 0 amide bonds. The average molecular weight is 268 g/mol. The first-order valence-corrected chi connectivity index (χ1v) is 7.04. The van der Waals surface area contributed by atoms with Gasteiger partial charge in [0, 0.05) is 5.92 Å². The van der Waals surface area contributed by atoms with Gasteiger partial charge in [0.25, 0.3) is 0 Å². The summed E-state index contributed by atoms with van der Waals surface area (Å²) in [6, 6.07) is 14.9. The highest BCUT2D eigenvalue weighted by molar-refractivity contribution is 5.48. The number of hydrogen-bond acceptors (Lipinski definition) is 2. The van der Waals surface area contributed by atoms with Crippen LogP contribution in [-0.2, 0) is 0 Å². The van der Waals surface area contributed by atoms with Crippen LogP contribution in [0.2, 0.25) is 0 Å². The van der Waals surface area contributed by atoms with Crippen LogP contribution in [0.3, 0.4) is 0 Å². The van der Waals surface area contributed by atoms with Gasteiger partial charge >= 0.3 is 0 Å². The van der Waals surface area contributed by atoms with E-state index >= 15 is 0 Å². The summed E-state index contributed by atoms with van der Waals surface area (Å²) in [5.41, 5.74) is 4.21. The Bertz CT molecular complexity index is 601. The summed E-state index contributed by atoms with van der Waals surface area (Å²) in [6.45, 7) is 2.30. The fourth-order valence-corrected chi connectivity index (χ4v) is 3.19. The molecule has 2 aromatic rings. The third kappa shape index (κ3) is 2.15. The van der Waals surface area contributed by atoms with E-state index in [1.165, 1.54) is 16.7 Å². The second kappa shape index (κ2) is 5.20. The second-order valence-corrected chi connectivity index (χ2v) is 5.46. The van der Waals surface area contributed by atoms with Crippen molar-refractivity contribution in [3.8, 4) is 11.5 Å². The van der Waals surface area contributed by atoms with E-state index in [4.69, 9.17) is 9.47 Å². The summed E-state index contributed by atoms with van der Waals surface area (Å²) >= 11 is 0. The smallest absolute Gasteiger partial charge is 0.119 e. The van der Waals surface area contributed by atoms with E-state index < -0.39 is 0 Å². The van der Waals surface area contributed by atoms with Gasteiger partial charge < -0.3 is 9.47 Å². The van der Waals surface area contributed by atoms with E-state index in [2.05, 4.69) is 37.3 Å². The largest absolute Gasteiger partial charge is 0.497 e. The van der Waals surface area contributed by atoms with Crippen molar-refractivity contribution in [3.63, 3.8) is 0 Å². The van der Waals surface area contributed by atoms with Crippen molar-refractivity contribution in [1.29, 1.82) is 0 Å². The molecule has 3 rings (SSSR count). The van der Waals surface area contributed by atoms with Crippen LogP contribution in [0, 0.1) is 0 Å². The van der Waals surface area contributed by atoms with Crippen LogP contribution in [0.1, 0.15) is 41.9 Å². The van der Waals surface area contributed by atoms with Gasteiger partial charge in [-0.05, 0) is 53.3 Å². The molecular formula is C18H20O2. The maximum absolute atomic E-state index is 5.38. The predicted octanol–water partition coefficient (Wildman–Crippen LogP) is 4.34. The summed E-state index contributed by atoms with van der Waals surface area (Å²) in [4.78, 5) is 0. The summed E-state index contributed by atoms with van der Waals surface area (Å²) in [6.07, 6.45) is 1.16. The SMILES string of the molecule is COc1ccc([C@@H]2C[C@@H](C)c3ccc(OC)cc32)cc1. The lowest BCUT2D eigenvalue weighted by Crippen LogP contribution is -1.97. The van der Waals surface area contributed by atoms with Crippen molar-refractivity contribution < 1.29 is 9.47 Å². The summed E-state index contributed by atoms with van der Waals surface area (Å²) in [5, 5.41) is 0. The van der Waals surface area contributed by atoms with Crippen LogP contribution >= 0.6 is 0 Å².